The van der Waals surface area contributed by atoms with Gasteiger partial charge < -0.3 is 14.6 Å². The van der Waals surface area contributed by atoms with Crippen LogP contribution < -0.4 is 10.1 Å². The third-order valence-electron chi connectivity index (χ3n) is 6.07. The maximum Gasteiger partial charge on any atom is 0.257 e. The lowest BCUT2D eigenvalue weighted by Crippen LogP contribution is -2.29. The Morgan fingerprint density at radius 2 is 1.82 bits per heavy atom. The van der Waals surface area contributed by atoms with Crippen molar-refractivity contribution in [1.29, 1.82) is 0 Å². The van der Waals surface area contributed by atoms with Gasteiger partial charge >= 0.3 is 0 Å². The van der Waals surface area contributed by atoms with Crippen molar-refractivity contribution in [3.63, 3.8) is 0 Å². The molecule has 178 valence electrons. The average molecular weight is 450 g/mol. The van der Waals surface area contributed by atoms with Gasteiger partial charge in [0.2, 0.25) is 0 Å². The molecule has 0 aliphatic heterocycles. The number of fused-ring (bicyclic) bond motifs is 1. The molecular formula is C28H39N3O2. The van der Waals surface area contributed by atoms with Crippen molar-refractivity contribution in [2.45, 2.75) is 78.7 Å². The molecule has 0 aliphatic rings. The zero-order valence-corrected chi connectivity index (χ0v) is 20.5. The van der Waals surface area contributed by atoms with E-state index in [1.807, 2.05) is 32.0 Å². The zero-order chi connectivity index (χ0) is 23.5. The van der Waals surface area contributed by atoms with Crippen LogP contribution >= 0.6 is 0 Å². The van der Waals surface area contributed by atoms with E-state index in [0.717, 1.165) is 54.6 Å². The summed E-state index contributed by atoms with van der Waals surface area (Å²) in [5.41, 5.74) is 4.52. The molecule has 5 nitrogen and oxygen atoms in total. The summed E-state index contributed by atoms with van der Waals surface area (Å²) in [5, 5.41) is 2.97. The summed E-state index contributed by atoms with van der Waals surface area (Å²) >= 11 is 0. The number of unbranched alkanes of at least 4 members (excludes halogenated alkanes) is 5. The molecule has 5 heteroatoms. The largest absolute Gasteiger partial charge is 0.483 e. The molecule has 1 aromatic heterocycles. The molecule has 1 N–H and O–H groups in total. The van der Waals surface area contributed by atoms with Gasteiger partial charge in [0.1, 0.15) is 11.6 Å². The second kappa shape index (κ2) is 13.0. The molecule has 3 rings (SSSR count). The molecule has 33 heavy (non-hydrogen) atoms. The predicted octanol–water partition coefficient (Wildman–Crippen LogP) is 6.14. The van der Waals surface area contributed by atoms with Crippen LogP contribution in [0.3, 0.4) is 0 Å². The van der Waals surface area contributed by atoms with E-state index in [-0.39, 0.29) is 12.5 Å². The number of hydrogen-bond donors (Lipinski definition) is 1. The number of imidazole rings is 1. The van der Waals surface area contributed by atoms with Gasteiger partial charge in [-0.3, -0.25) is 4.79 Å². The van der Waals surface area contributed by atoms with Crippen molar-refractivity contribution in [3.8, 4) is 5.75 Å². The van der Waals surface area contributed by atoms with Gasteiger partial charge in [-0.15, -0.1) is 0 Å². The first-order valence-electron chi connectivity index (χ1n) is 12.5. The van der Waals surface area contributed by atoms with E-state index in [1.54, 1.807) is 0 Å². The molecule has 0 saturated carbocycles. The Kier molecular flexibility index (Phi) is 9.79. The second-order valence-electron chi connectivity index (χ2n) is 8.95. The lowest BCUT2D eigenvalue weighted by Gasteiger charge is -2.11. The molecular weight excluding hydrogens is 410 g/mol. The van der Waals surface area contributed by atoms with Crippen molar-refractivity contribution < 1.29 is 9.53 Å². The van der Waals surface area contributed by atoms with Crippen LogP contribution in [0.25, 0.3) is 11.0 Å². The first kappa shape index (κ1) is 24.8. The Bertz CT molecular complexity index is 1030. The lowest BCUT2D eigenvalue weighted by atomic mass is 10.1. The molecule has 1 heterocycles. The smallest absolute Gasteiger partial charge is 0.257 e. The first-order chi connectivity index (χ1) is 16.1. The van der Waals surface area contributed by atoms with Crippen LogP contribution in [0, 0.1) is 13.8 Å². The minimum Gasteiger partial charge on any atom is -0.483 e. The summed E-state index contributed by atoms with van der Waals surface area (Å²) in [6.07, 6.45) is 9.12. The summed E-state index contributed by atoms with van der Waals surface area (Å²) in [4.78, 5) is 17.0. The minimum atomic E-state index is -0.0650. The van der Waals surface area contributed by atoms with Crippen LogP contribution in [0.1, 0.15) is 68.8 Å². The van der Waals surface area contributed by atoms with Crippen molar-refractivity contribution in [3.05, 3.63) is 59.4 Å². The fourth-order valence-electron chi connectivity index (χ4n) is 4.13. The van der Waals surface area contributed by atoms with Gasteiger partial charge in [0, 0.05) is 19.5 Å². The summed E-state index contributed by atoms with van der Waals surface area (Å²) < 4.78 is 8.10. The van der Waals surface area contributed by atoms with Gasteiger partial charge in [-0.25, -0.2) is 4.98 Å². The fraction of sp³-hybridized carbons (Fsp3) is 0.500. The quantitative estimate of drug-likeness (QED) is 0.301. The molecule has 3 aromatic rings. The summed E-state index contributed by atoms with van der Waals surface area (Å²) in [6, 6.07) is 14.5. The summed E-state index contributed by atoms with van der Waals surface area (Å²) in [7, 11) is 0. The highest BCUT2D eigenvalue weighted by atomic mass is 16.5. The van der Waals surface area contributed by atoms with E-state index >= 15 is 0 Å². The number of aryl methyl sites for hydroxylation is 4. The van der Waals surface area contributed by atoms with Crippen LogP contribution in [0.2, 0.25) is 0 Å². The third-order valence-corrected chi connectivity index (χ3v) is 6.07. The van der Waals surface area contributed by atoms with Crippen molar-refractivity contribution in [2.24, 2.45) is 0 Å². The molecule has 0 fully saturated rings. The van der Waals surface area contributed by atoms with Gasteiger partial charge in [0.25, 0.3) is 5.91 Å². The van der Waals surface area contributed by atoms with Crippen molar-refractivity contribution in [2.75, 3.05) is 13.2 Å². The molecule has 0 spiro atoms. The third kappa shape index (κ3) is 7.62. The monoisotopic (exact) mass is 449 g/mol. The number of carbonyl (C=O) groups excluding carboxylic acids is 1. The normalized spacial score (nSPS) is 11.1. The topological polar surface area (TPSA) is 56.2 Å². The van der Waals surface area contributed by atoms with Crippen molar-refractivity contribution >= 4 is 16.9 Å². The maximum atomic E-state index is 12.1. The maximum absolute atomic E-state index is 12.1. The van der Waals surface area contributed by atoms with E-state index in [9.17, 15) is 4.79 Å². The number of nitrogens with one attached hydrogen (secondary N) is 1. The lowest BCUT2D eigenvalue weighted by molar-refractivity contribution is -0.123. The van der Waals surface area contributed by atoms with Gasteiger partial charge in [-0.2, -0.15) is 0 Å². The minimum absolute atomic E-state index is 0.0619. The fourth-order valence-corrected chi connectivity index (χ4v) is 4.13. The van der Waals surface area contributed by atoms with E-state index in [0.29, 0.717) is 6.54 Å². The van der Waals surface area contributed by atoms with E-state index < -0.39 is 0 Å². The number of carbonyl (C=O) groups is 1. The standard InChI is InChI=1S/C28H39N3O2/c1-4-5-6-12-19-31-25-14-10-9-13-24(25)30-27(31)15-8-7-11-18-29-28(32)21-33-26-20-22(2)16-17-23(26)3/h9-10,13-14,16-17,20H,4-8,11-12,15,18-19,21H2,1-3H3,(H,29,32). The highest BCUT2D eigenvalue weighted by Gasteiger charge is 2.10. The highest BCUT2D eigenvalue weighted by Crippen LogP contribution is 2.20. The average Bonchev–Trinajstić information content (AvgIpc) is 3.17. The number of hydrogen-bond acceptors (Lipinski definition) is 3. The highest BCUT2D eigenvalue weighted by molar-refractivity contribution is 5.77. The number of nitrogens with zero attached hydrogens (tertiary/aromatic N) is 2. The zero-order valence-electron chi connectivity index (χ0n) is 20.5. The molecule has 0 atom stereocenters. The van der Waals surface area contributed by atoms with Gasteiger partial charge in [0.05, 0.1) is 11.0 Å². The Labute approximate surface area is 198 Å². The SMILES string of the molecule is CCCCCCn1c(CCCCCNC(=O)COc2cc(C)ccc2C)nc2ccccc21. The summed E-state index contributed by atoms with van der Waals surface area (Å²) in [5.74, 6) is 1.91. The second-order valence-corrected chi connectivity index (χ2v) is 8.95. The Morgan fingerprint density at radius 3 is 2.67 bits per heavy atom. The Morgan fingerprint density at radius 1 is 1.00 bits per heavy atom. The van der Waals surface area contributed by atoms with Gasteiger partial charge in [0.15, 0.2) is 6.61 Å². The van der Waals surface area contributed by atoms with E-state index in [2.05, 4.69) is 41.1 Å². The number of para-hydroxylation sites is 2. The number of ether oxygens (including phenoxy) is 1. The number of rotatable bonds is 14. The molecule has 0 saturated heterocycles. The molecule has 0 aliphatic carbocycles. The van der Waals surface area contributed by atoms with Gasteiger partial charge in [-0.1, -0.05) is 56.9 Å². The van der Waals surface area contributed by atoms with Crippen LogP contribution in [0.4, 0.5) is 0 Å². The first-order valence-corrected chi connectivity index (χ1v) is 12.5. The Balaban J connectivity index is 1.38. The van der Waals surface area contributed by atoms with E-state index in [1.165, 1.54) is 37.0 Å². The van der Waals surface area contributed by atoms with E-state index in [4.69, 9.17) is 9.72 Å². The Hall–Kier alpha value is -2.82. The molecule has 2 aromatic carbocycles. The molecule has 1 amide bonds. The predicted molar refractivity (Wildman–Crippen MR) is 136 cm³/mol. The van der Waals surface area contributed by atoms with Crippen LogP contribution in [0.5, 0.6) is 5.75 Å². The number of amides is 1. The molecule has 0 radical (unpaired) electrons. The van der Waals surface area contributed by atoms with Crippen LogP contribution in [-0.4, -0.2) is 28.6 Å². The molecule has 0 unspecified atom stereocenters. The number of benzene rings is 2. The summed E-state index contributed by atoms with van der Waals surface area (Å²) in [6.45, 7) is 8.06. The number of aromatic nitrogens is 2. The van der Waals surface area contributed by atoms with Crippen LogP contribution in [0.15, 0.2) is 42.5 Å². The van der Waals surface area contributed by atoms with Gasteiger partial charge in [-0.05, 0) is 62.4 Å². The van der Waals surface area contributed by atoms with Crippen LogP contribution in [-0.2, 0) is 17.8 Å². The molecule has 0 bridgehead atoms. The van der Waals surface area contributed by atoms with Crippen molar-refractivity contribution in [1.82, 2.24) is 14.9 Å².